The third-order valence-corrected chi connectivity index (χ3v) is 3.68. The molecule has 0 radical (unpaired) electrons. The average Bonchev–Trinajstić information content (AvgIpc) is 2.96. The number of nitrogens with zero attached hydrogens (tertiary/aromatic N) is 3. The highest BCUT2D eigenvalue weighted by Gasteiger charge is 2.18. The number of fused-ring (bicyclic) bond motifs is 1. The number of alkyl halides is 1. The van der Waals surface area contributed by atoms with Crippen molar-refractivity contribution < 1.29 is 4.74 Å². The van der Waals surface area contributed by atoms with E-state index in [1.807, 2.05) is 4.57 Å². The van der Waals surface area contributed by atoms with Gasteiger partial charge in [-0.3, -0.25) is 0 Å². The van der Waals surface area contributed by atoms with Crippen LogP contribution in [-0.4, -0.2) is 21.4 Å². The second-order valence-electron chi connectivity index (χ2n) is 4.16. The third kappa shape index (κ3) is 2.12. The lowest BCUT2D eigenvalue weighted by molar-refractivity contribution is 0.352. The number of aromatic nitrogens is 3. The number of hydrogen-bond donors (Lipinski definition) is 0. The fourth-order valence-corrected chi connectivity index (χ4v) is 2.92. The number of hydrogen-bond acceptors (Lipinski definition) is 3. The standard InChI is InChI=1S/C12H11BrClN3O/c13-10-3-8-1-2-18-12(8)9(4-10)6-17-7-15-16-11(17)5-14/h3-4,7H,1-2,5-6H2. The fraction of sp³-hybridized carbons (Fsp3) is 0.333. The Hall–Kier alpha value is -1.07. The van der Waals surface area contributed by atoms with E-state index in [0.717, 1.165) is 34.6 Å². The van der Waals surface area contributed by atoms with Crippen LogP contribution < -0.4 is 4.74 Å². The fourth-order valence-electron chi connectivity index (χ4n) is 2.16. The van der Waals surface area contributed by atoms with Gasteiger partial charge in [-0.25, -0.2) is 0 Å². The maximum absolute atomic E-state index is 5.82. The Bertz CT molecular complexity index is 585. The molecule has 1 aromatic carbocycles. The van der Waals surface area contributed by atoms with Crippen LogP contribution in [0.25, 0.3) is 0 Å². The van der Waals surface area contributed by atoms with Gasteiger partial charge in [-0.05, 0) is 17.7 Å². The van der Waals surface area contributed by atoms with E-state index in [4.69, 9.17) is 16.3 Å². The summed E-state index contributed by atoms with van der Waals surface area (Å²) in [6.45, 7) is 1.43. The van der Waals surface area contributed by atoms with E-state index < -0.39 is 0 Å². The van der Waals surface area contributed by atoms with Crippen LogP contribution in [0.2, 0.25) is 0 Å². The van der Waals surface area contributed by atoms with Gasteiger partial charge in [0.2, 0.25) is 0 Å². The highest BCUT2D eigenvalue weighted by Crippen LogP contribution is 2.33. The van der Waals surface area contributed by atoms with Gasteiger partial charge < -0.3 is 9.30 Å². The monoisotopic (exact) mass is 327 g/mol. The van der Waals surface area contributed by atoms with Crippen LogP contribution in [0.3, 0.4) is 0 Å². The van der Waals surface area contributed by atoms with E-state index in [1.165, 1.54) is 5.56 Å². The van der Waals surface area contributed by atoms with Gasteiger partial charge in [0.05, 0.1) is 19.0 Å². The summed E-state index contributed by atoms with van der Waals surface area (Å²) in [4.78, 5) is 0. The van der Waals surface area contributed by atoms with Gasteiger partial charge in [-0.15, -0.1) is 21.8 Å². The Balaban J connectivity index is 1.98. The first-order valence-electron chi connectivity index (χ1n) is 5.64. The van der Waals surface area contributed by atoms with Crippen LogP contribution in [0.4, 0.5) is 0 Å². The highest BCUT2D eigenvalue weighted by molar-refractivity contribution is 9.10. The molecule has 0 bridgehead atoms. The van der Waals surface area contributed by atoms with Gasteiger partial charge >= 0.3 is 0 Å². The zero-order chi connectivity index (χ0) is 12.5. The minimum absolute atomic E-state index is 0.358. The summed E-state index contributed by atoms with van der Waals surface area (Å²) in [6, 6.07) is 4.18. The summed E-state index contributed by atoms with van der Waals surface area (Å²) in [5.74, 6) is 2.12. The van der Waals surface area contributed by atoms with Crippen LogP contribution in [0.1, 0.15) is 17.0 Å². The van der Waals surface area contributed by atoms with Gasteiger partial charge in [-0.2, -0.15) is 0 Å². The third-order valence-electron chi connectivity index (χ3n) is 2.98. The molecule has 0 saturated heterocycles. The Morgan fingerprint density at radius 1 is 1.44 bits per heavy atom. The van der Waals surface area contributed by atoms with Crippen LogP contribution in [0.15, 0.2) is 22.9 Å². The quantitative estimate of drug-likeness (QED) is 0.813. The van der Waals surface area contributed by atoms with Gasteiger partial charge in [0.1, 0.15) is 17.9 Å². The molecule has 6 heteroatoms. The number of benzene rings is 1. The molecule has 0 N–H and O–H groups in total. The van der Waals surface area contributed by atoms with Crippen molar-refractivity contribution in [3.63, 3.8) is 0 Å². The molecule has 3 rings (SSSR count). The van der Waals surface area contributed by atoms with E-state index in [9.17, 15) is 0 Å². The Kier molecular flexibility index (Phi) is 3.26. The molecule has 0 atom stereocenters. The Morgan fingerprint density at radius 3 is 3.17 bits per heavy atom. The molecular formula is C12H11BrClN3O. The second kappa shape index (κ2) is 4.90. The molecule has 2 heterocycles. The number of halogens is 2. The predicted octanol–water partition coefficient (Wildman–Crippen LogP) is 2.76. The predicted molar refractivity (Wildman–Crippen MR) is 72.0 cm³/mol. The lowest BCUT2D eigenvalue weighted by Crippen LogP contribution is -2.04. The molecule has 0 fully saturated rings. The molecule has 4 nitrogen and oxygen atoms in total. The Morgan fingerprint density at radius 2 is 2.33 bits per heavy atom. The summed E-state index contributed by atoms with van der Waals surface area (Å²) in [7, 11) is 0. The van der Waals surface area contributed by atoms with Crippen LogP contribution in [0, 0.1) is 0 Å². The molecule has 0 spiro atoms. The van der Waals surface area contributed by atoms with E-state index in [2.05, 4.69) is 38.3 Å². The van der Waals surface area contributed by atoms with Crippen molar-refractivity contribution in [2.75, 3.05) is 6.61 Å². The molecular weight excluding hydrogens is 318 g/mol. The first-order valence-corrected chi connectivity index (χ1v) is 6.97. The van der Waals surface area contributed by atoms with Crippen LogP contribution in [0.5, 0.6) is 5.75 Å². The number of rotatable bonds is 3. The van der Waals surface area contributed by atoms with Gasteiger partial charge in [-0.1, -0.05) is 15.9 Å². The molecule has 0 unspecified atom stereocenters. The molecule has 1 aliphatic heterocycles. The lowest BCUT2D eigenvalue weighted by Gasteiger charge is -2.10. The minimum atomic E-state index is 0.358. The first-order chi connectivity index (χ1) is 8.78. The average molecular weight is 329 g/mol. The topological polar surface area (TPSA) is 39.9 Å². The highest BCUT2D eigenvalue weighted by atomic mass is 79.9. The zero-order valence-corrected chi connectivity index (χ0v) is 11.9. The molecule has 0 amide bonds. The first kappa shape index (κ1) is 12.0. The van der Waals surface area contributed by atoms with Gasteiger partial charge in [0.25, 0.3) is 0 Å². The molecule has 1 aliphatic rings. The Labute approximate surface area is 118 Å². The van der Waals surface area contributed by atoms with Gasteiger partial charge in [0.15, 0.2) is 0 Å². The minimum Gasteiger partial charge on any atom is -0.493 e. The largest absolute Gasteiger partial charge is 0.493 e. The second-order valence-corrected chi connectivity index (χ2v) is 5.34. The van der Waals surface area contributed by atoms with E-state index in [1.54, 1.807) is 6.33 Å². The van der Waals surface area contributed by atoms with Crippen LogP contribution >= 0.6 is 27.5 Å². The SMILES string of the molecule is ClCc1nncn1Cc1cc(Br)cc2c1OCC2. The van der Waals surface area contributed by atoms with Crippen molar-refractivity contribution >= 4 is 27.5 Å². The summed E-state index contributed by atoms with van der Waals surface area (Å²) in [6.07, 6.45) is 2.66. The molecule has 1 aromatic heterocycles. The van der Waals surface area contributed by atoms with Crippen molar-refractivity contribution in [3.8, 4) is 5.75 Å². The van der Waals surface area contributed by atoms with Crippen molar-refractivity contribution in [2.45, 2.75) is 18.8 Å². The molecule has 94 valence electrons. The van der Waals surface area contributed by atoms with E-state index in [-0.39, 0.29) is 0 Å². The normalized spacial score (nSPS) is 13.4. The molecule has 18 heavy (non-hydrogen) atoms. The van der Waals surface area contributed by atoms with Crippen molar-refractivity contribution in [3.05, 3.63) is 39.9 Å². The summed E-state index contributed by atoms with van der Waals surface area (Å²) in [5.41, 5.74) is 2.38. The summed E-state index contributed by atoms with van der Waals surface area (Å²) >= 11 is 9.36. The van der Waals surface area contributed by atoms with Crippen molar-refractivity contribution in [1.29, 1.82) is 0 Å². The maximum atomic E-state index is 5.82. The zero-order valence-electron chi connectivity index (χ0n) is 9.57. The molecule has 0 aliphatic carbocycles. The van der Waals surface area contributed by atoms with Crippen molar-refractivity contribution in [1.82, 2.24) is 14.8 Å². The molecule has 0 saturated carbocycles. The van der Waals surface area contributed by atoms with E-state index in [0.29, 0.717) is 12.4 Å². The number of ether oxygens (including phenoxy) is 1. The van der Waals surface area contributed by atoms with E-state index >= 15 is 0 Å². The molecule has 2 aromatic rings. The lowest BCUT2D eigenvalue weighted by atomic mass is 10.1. The maximum Gasteiger partial charge on any atom is 0.148 e. The van der Waals surface area contributed by atoms with Gasteiger partial charge in [0, 0.05) is 16.5 Å². The van der Waals surface area contributed by atoms with Crippen molar-refractivity contribution in [2.24, 2.45) is 0 Å². The van der Waals surface area contributed by atoms with Crippen LogP contribution in [-0.2, 0) is 18.8 Å². The smallest absolute Gasteiger partial charge is 0.148 e. The summed E-state index contributed by atoms with van der Waals surface area (Å²) < 4.78 is 8.71. The summed E-state index contributed by atoms with van der Waals surface area (Å²) in [5, 5.41) is 7.86.